The van der Waals surface area contributed by atoms with E-state index < -0.39 is 17.5 Å². The second kappa shape index (κ2) is 4.08. The Kier molecular flexibility index (Phi) is 2.69. The summed E-state index contributed by atoms with van der Waals surface area (Å²) in [5.74, 6) is 0.410. The van der Waals surface area contributed by atoms with Crippen molar-refractivity contribution in [3.8, 4) is 0 Å². The molecule has 1 aliphatic rings. The predicted molar refractivity (Wildman–Crippen MR) is 65.4 cm³/mol. The summed E-state index contributed by atoms with van der Waals surface area (Å²) in [6.07, 6.45) is -1.15. The fourth-order valence-electron chi connectivity index (χ4n) is 2.42. The standard InChI is InChI=1S/C12H13F3N4O/c1-11(20)2-4-18(7-11)10-8-6-9(12(13,14)15)17-19(8)5-3-16-10/h3,5-6,20H,2,4,7H2,1H3. The lowest BCUT2D eigenvalue weighted by Crippen LogP contribution is -2.30. The number of anilines is 1. The van der Waals surface area contributed by atoms with Crippen molar-refractivity contribution in [1.29, 1.82) is 0 Å². The highest BCUT2D eigenvalue weighted by molar-refractivity contribution is 5.69. The summed E-state index contributed by atoms with van der Waals surface area (Å²) < 4.78 is 39.3. The summed E-state index contributed by atoms with van der Waals surface area (Å²) >= 11 is 0. The Bertz CT molecular complexity index is 650. The minimum atomic E-state index is -4.49. The van der Waals surface area contributed by atoms with Gasteiger partial charge < -0.3 is 10.0 Å². The normalized spacial score (nSPS) is 23.8. The number of β-amino-alcohol motifs (C(OH)–C–C–N with tert-alkyl or cyclic N) is 1. The van der Waals surface area contributed by atoms with E-state index in [0.29, 0.717) is 25.3 Å². The van der Waals surface area contributed by atoms with Gasteiger partial charge in [-0.1, -0.05) is 0 Å². The maximum Gasteiger partial charge on any atom is 0.435 e. The van der Waals surface area contributed by atoms with E-state index in [4.69, 9.17) is 0 Å². The molecule has 0 aromatic carbocycles. The van der Waals surface area contributed by atoms with E-state index in [1.807, 2.05) is 0 Å². The van der Waals surface area contributed by atoms with Gasteiger partial charge in [0.05, 0.1) is 5.60 Å². The van der Waals surface area contributed by atoms with E-state index in [1.165, 1.54) is 12.4 Å². The molecule has 1 atom stereocenters. The maximum absolute atomic E-state index is 12.7. The van der Waals surface area contributed by atoms with Crippen LogP contribution in [0.4, 0.5) is 19.0 Å². The number of fused-ring (bicyclic) bond motifs is 1. The van der Waals surface area contributed by atoms with Crippen molar-refractivity contribution in [2.24, 2.45) is 0 Å². The van der Waals surface area contributed by atoms with E-state index in [0.717, 1.165) is 10.6 Å². The number of halogens is 3. The van der Waals surface area contributed by atoms with Crippen LogP contribution < -0.4 is 4.90 Å². The highest BCUT2D eigenvalue weighted by Crippen LogP contribution is 2.32. The van der Waals surface area contributed by atoms with Crippen molar-refractivity contribution in [3.63, 3.8) is 0 Å². The van der Waals surface area contributed by atoms with Crippen molar-refractivity contribution in [1.82, 2.24) is 14.6 Å². The third-order valence-electron chi connectivity index (χ3n) is 3.41. The molecule has 2 aromatic heterocycles. The molecule has 0 spiro atoms. The molecule has 108 valence electrons. The fraction of sp³-hybridized carbons (Fsp3) is 0.500. The number of aliphatic hydroxyl groups is 1. The van der Waals surface area contributed by atoms with Crippen molar-refractivity contribution < 1.29 is 18.3 Å². The van der Waals surface area contributed by atoms with E-state index in [9.17, 15) is 18.3 Å². The first-order valence-corrected chi connectivity index (χ1v) is 6.15. The Balaban J connectivity index is 2.06. The minimum Gasteiger partial charge on any atom is -0.388 e. The first-order chi connectivity index (χ1) is 9.26. The number of hydrogen-bond donors (Lipinski definition) is 1. The second-order valence-electron chi connectivity index (χ2n) is 5.28. The smallest absolute Gasteiger partial charge is 0.388 e. The molecule has 1 unspecified atom stereocenters. The maximum atomic E-state index is 12.7. The Labute approximate surface area is 112 Å². The molecule has 5 nitrogen and oxygen atoms in total. The van der Waals surface area contributed by atoms with Crippen LogP contribution in [0.5, 0.6) is 0 Å². The zero-order valence-electron chi connectivity index (χ0n) is 10.7. The molecule has 3 rings (SSSR count). The number of aromatic nitrogens is 3. The molecule has 0 amide bonds. The quantitative estimate of drug-likeness (QED) is 0.867. The van der Waals surface area contributed by atoms with Gasteiger partial charge in [-0.2, -0.15) is 18.3 Å². The Hall–Kier alpha value is -1.83. The Morgan fingerprint density at radius 3 is 2.75 bits per heavy atom. The van der Waals surface area contributed by atoms with Crippen LogP contribution in [0.15, 0.2) is 18.5 Å². The van der Waals surface area contributed by atoms with Gasteiger partial charge in [0.15, 0.2) is 11.5 Å². The molecule has 1 saturated heterocycles. The van der Waals surface area contributed by atoms with Gasteiger partial charge in [0, 0.05) is 31.5 Å². The lowest BCUT2D eigenvalue weighted by Gasteiger charge is -2.20. The molecule has 20 heavy (non-hydrogen) atoms. The average molecular weight is 286 g/mol. The minimum absolute atomic E-state index is 0.289. The molecule has 3 heterocycles. The summed E-state index contributed by atoms with van der Waals surface area (Å²) in [4.78, 5) is 5.91. The van der Waals surface area contributed by atoms with Crippen LogP contribution in [0.25, 0.3) is 5.52 Å². The van der Waals surface area contributed by atoms with E-state index >= 15 is 0 Å². The van der Waals surface area contributed by atoms with Gasteiger partial charge in [0.25, 0.3) is 0 Å². The highest BCUT2D eigenvalue weighted by Gasteiger charge is 2.36. The monoisotopic (exact) mass is 286 g/mol. The molecule has 8 heteroatoms. The number of nitrogens with zero attached hydrogens (tertiary/aromatic N) is 4. The van der Waals surface area contributed by atoms with Crippen molar-refractivity contribution in [3.05, 3.63) is 24.2 Å². The summed E-state index contributed by atoms with van der Waals surface area (Å²) in [7, 11) is 0. The first kappa shape index (κ1) is 13.2. The Morgan fingerprint density at radius 1 is 1.40 bits per heavy atom. The van der Waals surface area contributed by atoms with Gasteiger partial charge in [0.2, 0.25) is 0 Å². The zero-order chi connectivity index (χ0) is 14.5. The lowest BCUT2D eigenvalue weighted by atomic mass is 10.1. The van der Waals surface area contributed by atoms with Gasteiger partial charge in [0.1, 0.15) is 5.52 Å². The highest BCUT2D eigenvalue weighted by atomic mass is 19.4. The number of alkyl halides is 3. The van der Waals surface area contributed by atoms with Gasteiger partial charge in [-0.3, -0.25) is 0 Å². The van der Waals surface area contributed by atoms with E-state index in [2.05, 4.69) is 10.1 Å². The zero-order valence-corrected chi connectivity index (χ0v) is 10.7. The van der Waals surface area contributed by atoms with Gasteiger partial charge in [-0.25, -0.2) is 9.50 Å². The largest absolute Gasteiger partial charge is 0.435 e. The van der Waals surface area contributed by atoms with Crippen LogP contribution in [0.1, 0.15) is 19.0 Å². The van der Waals surface area contributed by atoms with Crippen molar-refractivity contribution in [2.75, 3.05) is 18.0 Å². The van der Waals surface area contributed by atoms with Gasteiger partial charge in [-0.15, -0.1) is 0 Å². The third kappa shape index (κ3) is 2.20. The first-order valence-electron chi connectivity index (χ1n) is 6.15. The molecule has 0 bridgehead atoms. The summed E-state index contributed by atoms with van der Waals surface area (Å²) in [6, 6.07) is 0.982. The number of hydrogen-bond acceptors (Lipinski definition) is 4. The Morgan fingerprint density at radius 2 is 2.15 bits per heavy atom. The molecule has 1 N–H and O–H groups in total. The summed E-state index contributed by atoms with van der Waals surface area (Å²) in [6.45, 7) is 2.59. The molecular weight excluding hydrogens is 273 g/mol. The van der Waals surface area contributed by atoms with Gasteiger partial charge >= 0.3 is 6.18 Å². The molecule has 1 fully saturated rings. The van der Waals surface area contributed by atoms with Gasteiger partial charge in [-0.05, 0) is 13.3 Å². The number of rotatable bonds is 1. The molecule has 1 aliphatic heterocycles. The lowest BCUT2D eigenvalue weighted by molar-refractivity contribution is -0.141. The fourth-order valence-corrected chi connectivity index (χ4v) is 2.42. The molecule has 0 saturated carbocycles. The predicted octanol–water partition coefficient (Wildman–Crippen LogP) is 1.71. The molecule has 2 aromatic rings. The topological polar surface area (TPSA) is 53.7 Å². The SMILES string of the molecule is CC1(O)CCN(c2nccn3nc(C(F)(F)F)cc23)C1. The van der Waals surface area contributed by atoms with Crippen LogP contribution in [0, 0.1) is 0 Å². The van der Waals surface area contributed by atoms with Crippen LogP contribution in [-0.2, 0) is 6.18 Å². The third-order valence-corrected chi connectivity index (χ3v) is 3.41. The van der Waals surface area contributed by atoms with Crippen LogP contribution >= 0.6 is 0 Å². The van der Waals surface area contributed by atoms with Crippen LogP contribution in [0.3, 0.4) is 0 Å². The average Bonchev–Trinajstić information content (AvgIpc) is 2.90. The second-order valence-corrected chi connectivity index (χ2v) is 5.28. The summed E-state index contributed by atoms with van der Waals surface area (Å²) in [5.41, 5.74) is -1.50. The van der Waals surface area contributed by atoms with Crippen LogP contribution in [-0.4, -0.2) is 38.4 Å². The van der Waals surface area contributed by atoms with E-state index in [-0.39, 0.29) is 5.52 Å². The molecule has 0 aliphatic carbocycles. The molecular formula is C12H13F3N4O. The van der Waals surface area contributed by atoms with E-state index in [1.54, 1.807) is 11.8 Å². The van der Waals surface area contributed by atoms with Crippen LogP contribution in [0.2, 0.25) is 0 Å². The van der Waals surface area contributed by atoms with Crippen molar-refractivity contribution >= 4 is 11.3 Å². The van der Waals surface area contributed by atoms with Crippen molar-refractivity contribution in [2.45, 2.75) is 25.1 Å². The summed E-state index contributed by atoms with van der Waals surface area (Å²) in [5, 5.41) is 13.5. The molecule has 0 radical (unpaired) electrons.